The molecule has 7 aromatic rings. The molecule has 0 aliphatic carbocycles. The topological polar surface area (TPSA) is 0 Å². The third-order valence-corrected chi connectivity index (χ3v) is 6.85. The van der Waals surface area contributed by atoms with Crippen LogP contribution in [-0.2, 0) is 0 Å². The molecule has 0 atom stereocenters. The summed E-state index contributed by atoms with van der Waals surface area (Å²) in [6.07, 6.45) is 0. The van der Waals surface area contributed by atoms with Crippen molar-refractivity contribution in [2.45, 2.75) is 0 Å². The minimum Gasteiger partial charge on any atom is -0.0961 e. The van der Waals surface area contributed by atoms with E-state index in [4.69, 9.17) is 7.85 Å². The lowest BCUT2D eigenvalue weighted by atomic mass is 9.89. The first kappa shape index (κ1) is 18.5. The van der Waals surface area contributed by atoms with Gasteiger partial charge in [0, 0.05) is 0 Å². The van der Waals surface area contributed by atoms with Gasteiger partial charge in [-0.15, -0.1) is 0 Å². The summed E-state index contributed by atoms with van der Waals surface area (Å²) in [5, 5.41) is 12.7. The molecule has 0 nitrogen and oxygen atoms in total. The van der Waals surface area contributed by atoms with Gasteiger partial charge in [0.05, 0.1) is 0 Å². The summed E-state index contributed by atoms with van der Waals surface area (Å²) in [6, 6.07) is 41.7. The largest absolute Gasteiger partial charge is 0.113 e. The molecule has 1 heteroatoms. The molecule has 0 saturated heterocycles. The molecule has 0 unspecified atom stereocenters. The van der Waals surface area contributed by atoms with Crippen LogP contribution in [0.1, 0.15) is 0 Å². The Balaban J connectivity index is 1.57. The molecule has 0 saturated carbocycles. The molecule has 0 aromatic heterocycles. The molecule has 0 heterocycles. The Morgan fingerprint density at radius 1 is 0.364 bits per heavy atom. The number of hydrogen-bond acceptors (Lipinski definition) is 0. The molecular weight excluding hydrogens is 395 g/mol. The number of benzene rings is 7. The molecule has 0 spiro atoms. The van der Waals surface area contributed by atoms with Crippen molar-refractivity contribution in [3.63, 3.8) is 0 Å². The Kier molecular flexibility index (Phi) is 3.89. The van der Waals surface area contributed by atoms with Gasteiger partial charge in [0.15, 0.2) is 0 Å². The quantitative estimate of drug-likeness (QED) is 0.145. The van der Waals surface area contributed by atoms with E-state index in [2.05, 4.69) is 103 Å². The van der Waals surface area contributed by atoms with E-state index < -0.39 is 0 Å². The molecule has 33 heavy (non-hydrogen) atoms. The second kappa shape index (κ2) is 6.95. The predicted octanol–water partition coefficient (Wildman–Crippen LogP) is 7.91. The summed E-state index contributed by atoms with van der Waals surface area (Å²) in [4.78, 5) is 0. The molecule has 0 aliphatic heterocycles. The Labute approximate surface area is 193 Å². The van der Waals surface area contributed by atoms with Gasteiger partial charge in [0.2, 0.25) is 0 Å². The highest BCUT2D eigenvalue weighted by molar-refractivity contribution is 6.32. The van der Waals surface area contributed by atoms with Gasteiger partial charge in [-0.05, 0) is 101 Å². The van der Waals surface area contributed by atoms with Crippen molar-refractivity contribution in [1.82, 2.24) is 0 Å². The average Bonchev–Trinajstić information content (AvgIpc) is 2.84. The Morgan fingerprint density at radius 2 is 0.939 bits per heavy atom. The first-order valence-corrected chi connectivity index (χ1v) is 11.3. The molecule has 7 rings (SSSR count). The second-order valence-electron chi connectivity index (χ2n) is 8.91. The van der Waals surface area contributed by atoms with E-state index in [0.29, 0.717) is 0 Å². The SMILES string of the molecule is [B]c1cccc(-c2cccc3cc4ccc5cc6cc7ccccc7cc6cc5c4cc23)c1. The van der Waals surface area contributed by atoms with E-state index in [1.54, 1.807) is 0 Å². The van der Waals surface area contributed by atoms with Gasteiger partial charge < -0.3 is 0 Å². The third-order valence-electron chi connectivity index (χ3n) is 6.85. The summed E-state index contributed by atoms with van der Waals surface area (Å²) < 4.78 is 0. The van der Waals surface area contributed by atoms with Crippen LogP contribution in [-0.4, -0.2) is 7.85 Å². The minimum atomic E-state index is 0.787. The van der Waals surface area contributed by atoms with Crippen LogP contribution in [0.3, 0.4) is 0 Å². The van der Waals surface area contributed by atoms with Gasteiger partial charge in [-0.2, -0.15) is 0 Å². The van der Waals surface area contributed by atoms with Gasteiger partial charge in [0.1, 0.15) is 7.85 Å². The molecule has 0 aliphatic rings. The minimum absolute atomic E-state index is 0.787. The molecule has 0 bridgehead atoms. The van der Waals surface area contributed by atoms with E-state index in [9.17, 15) is 0 Å². The van der Waals surface area contributed by atoms with Crippen LogP contribution in [0.5, 0.6) is 0 Å². The number of rotatable bonds is 1. The van der Waals surface area contributed by atoms with E-state index in [0.717, 1.165) is 11.0 Å². The second-order valence-corrected chi connectivity index (χ2v) is 8.91. The third kappa shape index (κ3) is 2.93. The van der Waals surface area contributed by atoms with Crippen molar-refractivity contribution in [2.75, 3.05) is 0 Å². The molecule has 150 valence electrons. The van der Waals surface area contributed by atoms with Crippen LogP contribution in [0, 0.1) is 0 Å². The van der Waals surface area contributed by atoms with Crippen molar-refractivity contribution in [3.05, 3.63) is 115 Å². The van der Waals surface area contributed by atoms with E-state index >= 15 is 0 Å². The van der Waals surface area contributed by atoms with Gasteiger partial charge in [0.25, 0.3) is 0 Å². The lowest BCUT2D eigenvalue weighted by Gasteiger charge is -2.12. The number of hydrogen-bond donors (Lipinski definition) is 0. The van der Waals surface area contributed by atoms with Gasteiger partial charge >= 0.3 is 0 Å². The fraction of sp³-hybridized carbons (Fsp3) is 0. The van der Waals surface area contributed by atoms with Crippen molar-refractivity contribution in [2.24, 2.45) is 0 Å². The van der Waals surface area contributed by atoms with E-state index in [1.165, 1.54) is 59.4 Å². The van der Waals surface area contributed by atoms with Crippen molar-refractivity contribution >= 4 is 67.2 Å². The summed E-state index contributed by atoms with van der Waals surface area (Å²) in [6.45, 7) is 0. The molecule has 0 amide bonds. The van der Waals surface area contributed by atoms with E-state index in [-0.39, 0.29) is 0 Å². The first-order chi connectivity index (χ1) is 16.2. The Hall–Kier alpha value is -4.10. The maximum atomic E-state index is 6.10. The maximum absolute atomic E-state index is 6.10. The van der Waals surface area contributed by atoms with Crippen molar-refractivity contribution in [1.29, 1.82) is 0 Å². The average molecular weight is 414 g/mol. The lowest BCUT2D eigenvalue weighted by Crippen LogP contribution is -2.00. The highest BCUT2D eigenvalue weighted by atomic mass is 14.1. The first-order valence-electron chi connectivity index (χ1n) is 11.3. The highest BCUT2D eigenvalue weighted by Gasteiger charge is 2.09. The standard InChI is InChI=1S/C32H19B/c33-28-9-3-7-23(17-28)29-10-4-8-22-15-24-11-12-25-16-26-13-20-5-1-2-6-21(20)14-27(26)18-30(25)32(24)19-31(22)29/h1-19H. The van der Waals surface area contributed by atoms with Crippen LogP contribution >= 0.6 is 0 Å². The maximum Gasteiger partial charge on any atom is 0.113 e. The van der Waals surface area contributed by atoms with Crippen LogP contribution < -0.4 is 5.46 Å². The van der Waals surface area contributed by atoms with E-state index in [1.807, 2.05) is 12.1 Å². The van der Waals surface area contributed by atoms with Gasteiger partial charge in [-0.3, -0.25) is 0 Å². The normalized spacial score (nSPS) is 11.8. The smallest absolute Gasteiger partial charge is 0.0961 e. The van der Waals surface area contributed by atoms with Gasteiger partial charge in [-0.25, -0.2) is 0 Å². The Morgan fingerprint density at radius 3 is 1.70 bits per heavy atom. The van der Waals surface area contributed by atoms with Crippen LogP contribution in [0.25, 0.3) is 65.0 Å². The van der Waals surface area contributed by atoms with Crippen LogP contribution in [0.4, 0.5) is 0 Å². The van der Waals surface area contributed by atoms with Gasteiger partial charge in [-0.1, -0.05) is 84.3 Å². The Bertz CT molecular complexity index is 1880. The number of fused-ring (bicyclic) bond motifs is 6. The summed E-state index contributed by atoms with van der Waals surface area (Å²) in [5.74, 6) is 0. The van der Waals surface area contributed by atoms with Crippen LogP contribution in [0.2, 0.25) is 0 Å². The van der Waals surface area contributed by atoms with Crippen molar-refractivity contribution < 1.29 is 0 Å². The summed E-state index contributed by atoms with van der Waals surface area (Å²) in [5.41, 5.74) is 3.15. The fourth-order valence-electron chi connectivity index (χ4n) is 5.23. The summed E-state index contributed by atoms with van der Waals surface area (Å²) >= 11 is 0. The fourth-order valence-corrected chi connectivity index (χ4v) is 5.23. The zero-order valence-corrected chi connectivity index (χ0v) is 18.0. The zero-order valence-electron chi connectivity index (χ0n) is 18.0. The summed E-state index contributed by atoms with van der Waals surface area (Å²) in [7, 11) is 6.10. The lowest BCUT2D eigenvalue weighted by molar-refractivity contribution is 1.69. The molecule has 7 aromatic carbocycles. The molecule has 2 radical (unpaired) electrons. The molecule has 0 fully saturated rings. The molecular formula is C32H19B. The van der Waals surface area contributed by atoms with Crippen LogP contribution in [0.15, 0.2) is 115 Å². The highest BCUT2D eigenvalue weighted by Crippen LogP contribution is 2.36. The van der Waals surface area contributed by atoms with Crippen molar-refractivity contribution in [3.8, 4) is 11.1 Å². The monoisotopic (exact) mass is 414 g/mol. The zero-order chi connectivity index (χ0) is 21.9. The molecule has 0 N–H and O–H groups in total. The predicted molar refractivity (Wildman–Crippen MR) is 145 cm³/mol.